The van der Waals surface area contributed by atoms with Crippen LogP contribution in [0.2, 0.25) is 0 Å². The summed E-state index contributed by atoms with van der Waals surface area (Å²) in [6, 6.07) is 7.40. The van der Waals surface area contributed by atoms with Gasteiger partial charge in [-0.05, 0) is 23.1 Å². The van der Waals surface area contributed by atoms with Crippen molar-refractivity contribution in [2.75, 3.05) is 5.73 Å². The molecular weight excluding hydrogens is 200 g/mol. The molecule has 3 N–H and O–H groups in total. The summed E-state index contributed by atoms with van der Waals surface area (Å²) < 4.78 is 0. The van der Waals surface area contributed by atoms with Crippen molar-refractivity contribution < 1.29 is 0 Å². The van der Waals surface area contributed by atoms with Crippen LogP contribution in [0.1, 0.15) is 26.3 Å². The van der Waals surface area contributed by atoms with Gasteiger partial charge in [0.05, 0.1) is 5.52 Å². The standard InChI is InChI=1S/C13H16N2O/c1-13(2,3)8-4-5-11-9(6-8)10(14)7-12(16)15-11/h4-7H,1-3H3,(H3,14,15,16). The highest BCUT2D eigenvalue weighted by atomic mass is 16.1. The van der Waals surface area contributed by atoms with Crippen LogP contribution in [0.15, 0.2) is 29.1 Å². The molecule has 1 aromatic carbocycles. The molecule has 0 unspecified atom stereocenters. The van der Waals surface area contributed by atoms with Crippen LogP contribution in [0.3, 0.4) is 0 Å². The fourth-order valence-electron chi connectivity index (χ4n) is 1.75. The Balaban J connectivity index is 2.76. The lowest BCUT2D eigenvalue weighted by Crippen LogP contribution is -2.12. The fraction of sp³-hybridized carbons (Fsp3) is 0.308. The van der Waals surface area contributed by atoms with Crippen molar-refractivity contribution >= 4 is 16.6 Å². The summed E-state index contributed by atoms with van der Waals surface area (Å²) in [5.74, 6) is 0. The van der Waals surface area contributed by atoms with Crippen LogP contribution in [0, 0.1) is 0 Å². The maximum absolute atomic E-state index is 11.3. The third-order valence-electron chi connectivity index (χ3n) is 2.74. The minimum atomic E-state index is -0.159. The second-order valence-electron chi connectivity index (χ2n) is 5.10. The molecule has 2 aromatic rings. The number of H-pyrrole nitrogens is 1. The van der Waals surface area contributed by atoms with Crippen LogP contribution < -0.4 is 11.3 Å². The second-order valence-corrected chi connectivity index (χ2v) is 5.10. The summed E-state index contributed by atoms with van der Waals surface area (Å²) in [5.41, 5.74) is 8.30. The van der Waals surface area contributed by atoms with Gasteiger partial charge in [0.15, 0.2) is 0 Å². The number of anilines is 1. The van der Waals surface area contributed by atoms with Gasteiger partial charge in [0, 0.05) is 17.1 Å². The maximum atomic E-state index is 11.3. The van der Waals surface area contributed by atoms with E-state index in [1.165, 1.54) is 11.6 Å². The van der Waals surface area contributed by atoms with E-state index in [1.54, 1.807) is 0 Å². The maximum Gasteiger partial charge on any atom is 0.250 e. The molecule has 2 rings (SSSR count). The monoisotopic (exact) mass is 216 g/mol. The van der Waals surface area contributed by atoms with Crippen molar-refractivity contribution in [3.8, 4) is 0 Å². The van der Waals surface area contributed by atoms with Crippen molar-refractivity contribution in [2.24, 2.45) is 0 Å². The molecule has 3 nitrogen and oxygen atoms in total. The van der Waals surface area contributed by atoms with Gasteiger partial charge in [0.1, 0.15) is 0 Å². The lowest BCUT2D eigenvalue weighted by Gasteiger charge is -2.19. The molecule has 16 heavy (non-hydrogen) atoms. The Labute approximate surface area is 94.3 Å². The van der Waals surface area contributed by atoms with Gasteiger partial charge in [-0.1, -0.05) is 26.8 Å². The average molecular weight is 216 g/mol. The van der Waals surface area contributed by atoms with Gasteiger partial charge >= 0.3 is 0 Å². The number of hydrogen-bond acceptors (Lipinski definition) is 2. The zero-order valence-corrected chi connectivity index (χ0v) is 9.79. The van der Waals surface area contributed by atoms with Gasteiger partial charge < -0.3 is 10.7 Å². The molecule has 0 spiro atoms. The Kier molecular flexibility index (Phi) is 2.26. The number of nitrogens with one attached hydrogen (secondary N) is 1. The predicted molar refractivity (Wildman–Crippen MR) is 67.7 cm³/mol. The van der Waals surface area contributed by atoms with Gasteiger partial charge in [-0.25, -0.2) is 0 Å². The molecule has 84 valence electrons. The first-order valence-electron chi connectivity index (χ1n) is 5.31. The summed E-state index contributed by atoms with van der Waals surface area (Å²) in [7, 11) is 0. The van der Waals surface area contributed by atoms with E-state index in [9.17, 15) is 4.79 Å². The molecule has 0 bridgehead atoms. The molecule has 3 heteroatoms. The molecule has 0 fully saturated rings. The Bertz CT molecular complexity index is 591. The summed E-state index contributed by atoms with van der Waals surface area (Å²) in [6.45, 7) is 6.45. The fourth-order valence-corrected chi connectivity index (χ4v) is 1.75. The van der Waals surface area contributed by atoms with E-state index in [1.807, 2.05) is 18.2 Å². The molecule has 0 atom stereocenters. The van der Waals surface area contributed by atoms with Crippen molar-refractivity contribution in [1.29, 1.82) is 0 Å². The van der Waals surface area contributed by atoms with E-state index in [0.717, 1.165) is 10.9 Å². The van der Waals surface area contributed by atoms with E-state index in [0.29, 0.717) is 5.69 Å². The quantitative estimate of drug-likeness (QED) is 0.710. The van der Waals surface area contributed by atoms with Crippen LogP contribution in [0.25, 0.3) is 10.9 Å². The predicted octanol–water partition coefficient (Wildman–Crippen LogP) is 2.41. The first-order chi connectivity index (χ1) is 7.38. The SMILES string of the molecule is CC(C)(C)c1ccc2[nH]c(=O)cc(N)c2c1. The van der Waals surface area contributed by atoms with E-state index in [-0.39, 0.29) is 11.0 Å². The topological polar surface area (TPSA) is 58.9 Å². The summed E-state index contributed by atoms with van der Waals surface area (Å²) in [6.07, 6.45) is 0. The van der Waals surface area contributed by atoms with Crippen LogP contribution in [-0.4, -0.2) is 4.98 Å². The molecule has 0 saturated carbocycles. The molecule has 0 saturated heterocycles. The molecule has 1 aromatic heterocycles. The molecule has 0 radical (unpaired) electrons. The van der Waals surface area contributed by atoms with Crippen molar-refractivity contribution in [3.63, 3.8) is 0 Å². The lowest BCUT2D eigenvalue weighted by atomic mass is 9.86. The van der Waals surface area contributed by atoms with Crippen LogP contribution in [0.4, 0.5) is 5.69 Å². The van der Waals surface area contributed by atoms with Crippen LogP contribution in [-0.2, 0) is 5.41 Å². The van der Waals surface area contributed by atoms with Crippen molar-refractivity contribution in [2.45, 2.75) is 26.2 Å². The number of pyridine rings is 1. The van der Waals surface area contributed by atoms with Gasteiger partial charge in [-0.15, -0.1) is 0 Å². The van der Waals surface area contributed by atoms with Gasteiger partial charge in [0.2, 0.25) is 5.56 Å². The Hall–Kier alpha value is -1.77. The highest BCUT2D eigenvalue weighted by Crippen LogP contribution is 2.26. The van der Waals surface area contributed by atoms with Crippen LogP contribution in [0.5, 0.6) is 0 Å². The number of aromatic nitrogens is 1. The summed E-state index contributed by atoms with van der Waals surface area (Å²) in [5, 5.41) is 0.909. The molecule has 0 aliphatic carbocycles. The first kappa shape index (κ1) is 10.7. The van der Waals surface area contributed by atoms with E-state index in [4.69, 9.17) is 5.73 Å². The first-order valence-corrected chi connectivity index (χ1v) is 5.31. The number of fused-ring (bicyclic) bond motifs is 1. The molecule has 0 aliphatic rings. The molecular formula is C13H16N2O. The zero-order chi connectivity index (χ0) is 11.9. The lowest BCUT2D eigenvalue weighted by molar-refractivity contribution is 0.591. The van der Waals surface area contributed by atoms with E-state index in [2.05, 4.69) is 25.8 Å². The minimum Gasteiger partial charge on any atom is -0.398 e. The van der Waals surface area contributed by atoms with Gasteiger partial charge in [0.25, 0.3) is 0 Å². The number of hydrogen-bond donors (Lipinski definition) is 2. The summed E-state index contributed by atoms with van der Waals surface area (Å²) >= 11 is 0. The van der Waals surface area contributed by atoms with Gasteiger partial charge in [-0.3, -0.25) is 4.79 Å². The van der Waals surface area contributed by atoms with Crippen LogP contribution >= 0.6 is 0 Å². The molecule has 0 amide bonds. The molecule has 0 aliphatic heterocycles. The van der Waals surface area contributed by atoms with Crippen molar-refractivity contribution in [1.82, 2.24) is 4.98 Å². The van der Waals surface area contributed by atoms with Crippen molar-refractivity contribution in [3.05, 3.63) is 40.2 Å². The largest absolute Gasteiger partial charge is 0.398 e. The average Bonchev–Trinajstić information content (AvgIpc) is 2.15. The highest BCUT2D eigenvalue weighted by molar-refractivity contribution is 5.90. The number of benzene rings is 1. The second kappa shape index (κ2) is 3.37. The Morgan fingerprint density at radius 3 is 2.50 bits per heavy atom. The Morgan fingerprint density at radius 2 is 1.88 bits per heavy atom. The smallest absolute Gasteiger partial charge is 0.250 e. The number of rotatable bonds is 0. The third-order valence-corrected chi connectivity index (χ3v) is 2.74. The number of aromatic amines is 1. The zero-order valence-electron chi connectivity index (χ0n) is 9.79. The Morgan fingerprint density at radius 1 is 1.19 bits per heavy atom. The summed E-state index contributed by atoms with van der Waals surface area (Å²) in [4.78, 5) is 14.0. The van der Waals surface area contributed by atoms with E-state index >= 15 is 0 Å². The highest BCUT2D eigenvalue weighted by Gasteiger charge is 2.14. The molecule has 1 heterocycles. The van der Waals surface area contributed by atoms with Gasteiger partial charge in [-0.2, -0.15) is 0 Å². The number of nitrogens with two attached hydrogens (primary N) is 1. The minimum absolute atomic E-state index is 0.0801. The number of nitrogen functional groups attached to an aromatic ring is 1. The third kappa shape index (κ3) is 1.81. The normalized spacial score (nSPS) is 11.9. The van der Waals surface area contributed by atoms with E-state index < -0.39 is 0 Å².